The SMILES string of the molecule is CCCCC(O)(OCCC)OC(C)C. The van der Waals surface area contributed by atoms with Crippen molar-refractivity contribution in [3.05, 3.63) is 0 Å². The second-order valence-electron chi connectivity index (χ2n) is 3.83. The van der Waals surface area contributed by atoms with Crippen LogP contribution < -0.4 is 0 Å². The van der Waals surface area contributed by atoms with Gasteiger partial charge in [0.25, 0.3) is 5.97 Å². The first-order chi connectivity index (χ1) is 6.54. The minimum atomic E-state index is -1.37. The highest BCUT2D eigenvalue weighted by Crippen LogP contribution is 2.20. The standard InChI is InChI=1S/C11H24O3/c1-5-7-8-11(12,13-9-6-2)14-10(3)4/h10,12H,5-9H2,1-4H3. The smallest absolute Gasteiger partial charge is 0.280 e. The second-order valence-corrected chi connectivity index (χ2v) is 3.83. The summed E-state index contributed by atoms with van der Waals surface area (Å²) in [6.07, 6.45) is 3.35. The van der Waals surface area contributed by atoms with Gasteiger partial charge in [-0.05, 0) is 26.7 Å². The van der Waals surface area contributed by atoms with Gasteiger partial charge < -0.3 is 14.6 Å². The number of unbranched alkanes of at least 4 members (excludes halogenated alkanes) is 1. The van der Waals surface area contributed by atoms with Gasteiger partial charge in [0, 0.05) is 6.42 Å². The maximum atomic E-state index is 10.00. The van der Waals surface area contributed by atoms with Crippen LogP contribution >= 0.6 is 0 Å². The lowest BCUT2D eigenvalue weighted by Crippen LogP contribution is -2.38. The van der Waals surface area contributed by atoms with E-state index in [1.807, 2.05) is 20.8 Å². The molecule has 0 aliphatic rings. The summed E-state index contributed by atoms with van der Waals surface area (Å²) in [5.74, 6) is -1.37. The lowest BCUT2D eigenvalue weighted by molar-refractivity contribution is -0.374. The molecule has 0 fully saturated rings. The number of aliphatic hydroxyl groups is 1. The first-order valence-electron chi connectivity index (χ1n) is 5.58. The summed E-state index contributed by atoms with van der Waals surface area (Å²) in [5.41, 5.74) is 0. The highest BCUT2D eigenvalue weighted by atomic mass is 16.8. The molecular weight excluding hydrogens is 180 g/mol. The normalized spacial score (nSPS) is 15.9. The molecule has 0 rings (SSSR count). The van der Waals surface area contributed by atoms with E-state index in [1.54, 1.807) is 0 Å². The highest BCUT2D eigenvalue weighted by molar-refractivity contribution is 4.56. The third kappa shape index (κ3) is 6.35. The summed E-state index contributed by atoms with van der Waals surface area (Å²) in [7, 11) is 0. The van der Waals surface area contributed by atoms with Crippen LogP contribution in [0, 0.1) is 0 Å². The van der Waals surface area contributed by atoms with E-state index >= 15 is 0 Å². The number of ether oxygens (including phenoxy) is 2. The molecule has 0 bridgehead atoms. The number of rotatable bonds is 8. The summed E-state index contributed by atoms with van der Waals surface area (Å²) in [6.45, 7) is 8.41. The van der Waals surface area contributed by atoms with Crippen molar-refractivity contribution in [3.8, 4) is 0 Å². The van der Waals surface area contributed by atoms with Crippen LogP contribution in [-0.4, -0.2) is 23.8 Å². The second kappa shape index (κ2) is 7.21. The molecule has 0 aromatic heterocycles. The Morgan fingerprint density at radius 1 is 1.21 bits per heavy atom. The van der Waals surface area contributed by atoms with Crippen molar-refractivity contribution in [1.82, 2.24) is 0 Å². The van der Waals surface area contributed by atoms with Crippen LogP contribution in [0.15, 0.2) is 0 Å². The molecule has 1 N–H and O–H groups in total. The van der Waals surface area contributed by atoms with Gasteiger partial charge in [0.1, 0.15) is 0 Å². The van der Waals surface area contributed by atoms with E-state index in [0.717, 1.165) is 19.3 Å². The van der Waals surface area contributed by atoms with Crippen molar-refractivity contribution in [2.75, 3.05) is 6.61 Å². The highest BCUT2D eigenvalue weighted by Gasteiger charge is 2.29. The van der Waals surface area contributed by atoms with Crippen LogP contribution in [0.25, 0.3) is 0 Å². The topological polar surface area (TPSA) is 38.7 Å². The number of hydrogen-bond acceptors (Lipinski definition) is 3. The van der Waals surface area contributed by atoms with Crippen molar-refractivity contribution in [2.24, 2.45) is 0 Å². The zero-order valence-electron chi connectivity index (χ0n) is 9.88. The molecule has 0 heterocycles. The summed E-state index contributed by atoms with van der Waals surface area (Å²) < 4.78 is 10.7. The van der Waals surface area contributed by atoms with Gasteiger partial charge in [0.05, 0.1) is 12.7 Å². The fourth-order valence-electron chi connectivity index (χ4n) is 1.20. The molecule has 0 saturated carbocycles. The molecule has 14 heavy (non-hydrogen) atoms. The molecule has 0 saturated heterocycles. The van der Waals surface area contributed by atoms with Crippen molar-refractivity contribution in [2.45, 2.75) is 65.5 Å². The Morgan fingerprint density at radius 2 is 1.86 bits per heavy atom. The van der Waals surface area contributed by atoms with Gasteiger partial charge in [-0.25, -0.2) is 0 Å². The van der Waals surface area contributed by atoms with Crippen LogP contribution in [0.1, 0.15) is 53.4 Å². The summed E-state index contributed by atoms with van der Waals surface area (Å²) in [4.78, 5) is 0. The first kappa shape index (κ1) is 13.9. The van der Waals surface area contributed by atoms with Gasteiger partial charge >= 0.3 is 0 Å². The Labute approximate surface area is 87.4 Å². The lowest BCUT2D eigenvalue weighted by atomic mass is 10.2. The Hall–Kier alpha value is -0.120. The van der Waals surface area contributed by atoms with E-state index in [2.05, 4.69) is 6.92 Å². The van der Waals surface area contributed by atoms with E-state index in [1.165, 1.54) is 0 Å². The molecule has 0 aromatic rings. The zero-order valence-corrected chi connectivity index (χ0v) is 9.88. The van der Waals surface area contributed by atoms with E-state index in [4.69, 9.17) is 9.47 Å². The van der Waals surface area contributed by atoms with Gasteiger partial charge in [-0.3, -0.25) is 0 Å². The summed E-state index contributed by atoms with van der Waals surface area (Å²) in [6, 6.07) is 0. The van der Waals surface area contributed by atoms with Gasteiger partial charge in [-0.2, -0.15) is 0 Å². The van der Waals surface area contributed by atoms with Crippen molar-refractivity contribution < 1.29 is 14.6 Å². The van der Waals surface area contributed by atoms with Crippen LogP contribution in [0.3, 0.4) is 0 Å². The van der Waals surface area contributed by atoms with Crippen LogP contribution in [0.4, 0.5) is 0 Å². The Bertz CT molecular complexity index is 126. The fourth-order valence-corrected chi connectivity index (χ4v) is 1.20. The molecule has 3 nitrogen and oxygen atoms in total. The van der Waals surface area contributed by atoms with E-state index in [-0.39, 0.29) is 6.10 Å². The molecule has 0 amide bonds. The minimum Gasteiger partial charge on any atom is -0.343 e. The Morgan fingerprint density at radius 3 is 2.29 bits per heavy atom. The lowest BCUT2D eigenvalue weighted by Gasteiger charge is -2.29. The van der Waals surface area contributed by atoms with Crippen molar-refractivity contribution >= 4 is 0 Å². The molecule has 1 unspecified atom stereocenters. The molecule has 1 atom stereocenters. The predicted octanol–water partition coefficient (Wildman–Crippen LogP) is 2.67. The molecule has 0 spiro atoms. The van der Waals surface area contributed by atoms with Crippen molar-refractivity contribution in [3.63, 3.8) is 0 Å². The zero-order chi connectivity index (χ0) is 11.0. The van der Waals surface area contributed by atoms with E-state index < -0.39 is 5.97 Å². The average Bonchev–Trinajstić information content (AvgIpc) is 2.11. The van der Waals surface area contributed by atoms with E-state index in [0.29, 0.717) is 13.0 Å². The maximum Gasteiger partial charge on any atom is 0.280 e. The van der Waals surface area contributed by atoms with E-state index in [9.17, 15) is 5.11 Å². The van der Waals surface area contributed by atoms with Crippen LogP contribution in [0.5, 0.6) is 0 Å². The first-order valence-corrected chi connectivity index (χ1v) is 5.58. The fraction of sp³-hybridized carbons (Fsp3) is 1.00. The molecule has 0 aliphatic heterocycles. The van der Waals surface area contributed by atoms with Gasteiger partial charge in [-0.1, -0.05) is 20.3 Å². The maximum absolute atomic E-state index is 10.00. The quantitative estimate of drug-likeness (QED) is 0.618. The third-order valence-corrected chi connectivity index (χ3v) is 1.80. The molecule has 3 heteroatoms. The Balaban J connectivity index is 4.03. The van der Waals surface area contributed by atoms with Crippen molar-refractivity contribution in [1.29, 1.82) is 0 Å². The third-order valence-electron chi connectivity index (χ3n) is 1.80. The molecular formula is C11H24O3. The summed E-state index contributed by atoms with van der Waals surface area (Å²) >= 11 is 0. The van der Waals surface area contributed by atoms with Crippen LogP contribution in [0.2, 0.25) is 0 Å². The monoisotopic (exact) mass is 204 g/mol. The largest absolute Gasteiger partial charge is 0.343 e. The van der Waals surface area contributed by atoms with Crippen LogP contribution in [-0.2, 0) is 9.47 Å². The molecule has 0 radical (unpaired) electrons. The Kier molecular flexibility index (Phi) is 7.15. The van der Waals surface area contributed by atoms with Gasteiger partial charge in [-0.15, -0.1) is 0 Å². The predicted molar refractivity (Wildman–Crippen MR) is 56.9 cm³/mol. The minimum absolute atomic E-state index is 0.0197. The van der Waals surface area contributed by atoms with Gasteiger partial charge in [0.15, 0.2) is 0 Å². The molecule has 0 aromatic carbocycles. The summed E-state index contributed by atoms with van der Waals surface area (Å²) in [5, 5.41) is 10.00. The van der Waals surface area contributed by atoms with Gasteiger partial charge in [0.2, 0.25) is 0 Å². The molecule has 86 valence electrons. The molecule has 0 aliphatic carbocycles. The average molecular weight is 204 g/mol. The number of hydrogen-bond donors (Lipinski definition) is 1.